The molecular formula is C15H32NaO5P. The summed E-state index contributed by atoms with van der Waals surface area (Å²) in [5, 5.41) is 0. The quantitative estimate of drug-likeness (QED) is 0.218. The Morgan fingerprint density at radius 2 is 1.50 bits per heavy atom. The average Bonchev–Trinajstić information content (AvgIpc) is 3.22. The molecule has 1 fully saturated rings. The van der Waals surface area contributed by atoms with E-state index in [4.69, 9.17) is 19.0 Å². The topological polar surface area (TPSA) is 79.3 Å². The van der Waals surface area contributed by atoms with E-state index in [0.29, 0.717) is 13.0 Å². The van der Waals surface area contributed by atoms with Gasteiger partial charge in [-0.1, -0.05) is 71.1 Å². The van der Waals surface area contributed by atoms with Crippen molar-refractivity contribution < 1.29 is 23.6 Å². The van der Waals surface area contributed by atoms with Gasteiger partial charge in [-0.05, 0) is 6.42 Å². The predicted octanol–water partition coefficient (Wildman–Crippen LogP) is 3.53. The van der Waals surface area contributed by atoms with Gasteiger partial charge in [0.25, 0.3) is 0 Å². The fourth-order valence-corrected chi connectivity index (χ4v) is 3.18. The van der Waals surface area contributed by atoms with Crippen LogP contribution in [0.5, 0.6) is 0 Å². The van der Waals surface area contributed by atoms with Crippen molar-refractivity contribution in [3.8, 4) is 0 Å². The molecule has 0 bridgehead atoms. The predicted molar refractivity (Wildman–Crippen MR) is 90.3 cm³/mol. The Morgan fingerprint density at radius 3 is 1.91 bits per heavy atom. The zero-order valence-corrected chi connectivity index (χ0v) is 14.1. The van der Waals surface area contributed by atoms with Gasteiger partial charge in [0.2, 0.25) is 0 Å². The molecule has 0 saturated carbocycles. The van der Waals surface area contributed by atoms with Gasteiger partial charge >= 0.3 is 37.4 Å². The maximum absolute atomic E-state index is 10.9. The molecule has 0 aromatic rings. The van der Waals surface area contributed by atoms with Crippen molar-refractivity contribution in [3.63, 3.8) is 0 Å². The third kappa shape index (κ3) is 13.5. The van der Waals surface area contributed by atoms with Gasteiger partial charge in [-0.15, -0.1) is 0 Å². The van der Waals surface area contributed by atoms with Gasteiger partial charge in [-0.2, -0.15) is 0 Å². The molecule has 0 spiro atoms. The van der Waals surface area contributed by atoms with Crippen molar-refractivity contribution in [1.29, 1.82) is 0 Å². The molecule has 2 atom stereocenters. The summed E-state index contributed by atoms with van der Waals surface area (Å²) >= 11 is 0. The molecule has 1 saturated heterocycles. The van der Waals surface area contributed by atoms with Crippen molar-refractivity contribution in [2.45, 2.75) is 89.8 Å². The van der Waals surface area contributed by atoms with Crippen LogP contribution >= 0.6 is 7.82 Å². The summed E-state index contributed by atoms with van der Waals surface area (Å²) in [6, 6.07) is 0. The number of unbranched alkanes of at least 4 members (excludes halogenated alkanes) is 9. The van der Waals surface area contributed by atoms with Crippen LogP contribution in [-0.2, 0) is 13.8 Å². The van der Waals surface area contributed by atoms with Gasteiger partial charge in [-0.25, -0.2) is 4.57 Å². The van der Waals surface area contributed by atoms with E-state index in [1.165, 1.54) is 51.4 Å². The van der Waals surface area contributed by atoms with Crippen LogP contribution in [0.25, 0.3) is 0 Å². The fraction of sp³-hybridized carbons (Fsp3) is 1.00. The molecule has 0 aromatic carbocycles. The van der Waals surface area contributed by atoms with Crippen LogP contribution in [0.2, 0.25) is 0 Å². The van der Waals surface area contributed by atoms with Gasteiger partial charge in [0.05, 0.1) is 12.7 Å². The van der Waals surface area contributed by atoms with E-state index < -0.39 is 13.9 Å². The second-order valence-electron chi connectivity index (χ2n) is 5.98. The Hall–Kier alpha value is 1.07. The first-order valence-electron chi connectivity index (χ1n) is 8.38. The molecule has 1 heterocycles. The van der Waals surface area contributed by atoms with E-state index in [-0.39, 0.29) is 35.7 Å². The van der Waals surface area contributed by atoms with Crippen molar-refractivity contribution in [1.82, 2.24) is 0 Å². The fourth-order valence-electron chi connectivity index (χ4n) is 2.59. The van der Waals surface area contributed by atoms with Crippen molar-refractivity contribution >= 4 is 37.4 Å². The Bertz CT molecular complexity index is 306. The van der Waals surface area contributed by atoms with Crippen LogP contribution in [0.3, 0.4) is 0 Å². The summed E-state index contributed by atoms with van der Waals surface area (Å²) in [7, 11) is -4.40. The average molecular weight is 346 g/mol. The van der Waals surface area contributed by atoms with E-state index in [1.54, 1.807) is 0 Å². The molecule has 22 heavy (non-hydrogen) atoms. The molecule has 0 aliphatic carbocycles. The molecule has 128 valence electrons. The van der Waals surface area contributed by atoms with E-state index in [0.717, 1.165) is 12.8 Å². The van der Waals surface area contributed by atoms with Gasteiger partial charge in [-0.3, -0.25) is 4.52 Å². The summed E-state index contributed by atoms with van der Waals surface area (Å²) in [4.78, 5) is 17.7. The Labute approximate surface area is 157 Å². The maximum atomic E-state index is 10.9. The molecule has 2 unspecified atom stereocenters. The molecule has 0 radical (unpaired) electrons. The number of epoxide rings is 1. The van der Waals surface area contributed by atoms with Crippen molar-refractivity contribution in [2.24, 2.45) is 0 Å². The Kier molecular flexibility index (Phi) is 14.0. The van der Waals surface area contributed by atoms with Gasteiger partial charge < -0.3 is 14.5 Å². The molecule has 2 N–H and O–H groups in total. The van der Waals surface area contributed by atoms with Crippen LogP contribution in [0.1, 0.15) is 77.6 Å². The zero-order chi connectivity index (χ0) is 15.6. The van der Waals surface area contributed by atoms with Crippen molar-refractivity contribution in [3.05, 3.63) is 0 Å². The Balaban J connectivity index is 0.00000441. The molecular weight excluding hydrogens is 314 g/mol. The monoisotopic (exact) mass is 346 g/mol. The number of phosphoric ester groups is 1. The molecule has 0 amide bonds. The third-order valence-corrected chi connectivity index (χ3v) is 4.43. The standard InChI is InChI=1S/C15H31O5P.Na.H/c1-2-3-4-5-6-7-8-9-10-11-12-14(15-13-19-15)20-21(16,17)18;;/h14-15H,2-13H2,1H3,(H2,16,17,18);;. The first-order valence-corrected chi connectivity index (χ1v) is 9.91. The van der Waals surface area contributed by atoms with Crippen LogP contribution < -0.4 is 0 Å². The first-order chi connectivity index (χ1) is 10.0. The van der Waals surface area contributed by atoms with Crippen LogP contribution in [0.15, 0.2) is 0 Å². The van der Waals surface area contributed by atoms with Gasteiger partial charge in [0, 0.05) is 0 Å². The molecule has 5 nitrogen and oxygen atoms in total. The molecule has 0 aromatic heterocycles. The molecule has 1 rings (SSSR count). The number of hydrogen-bond acceptors (Lipinski definition) is 3. The minimum absolute atomic E-state index is 0. The second kappa shape index (κ2) is 13.4. The number of ether oxygens (including phenoxy) is 1. The van der Waals surface area contributed by atoms with E-state index in [1.807, 2.05) is 0 Å². The van der Waals surface area contributed by atoms with Crippen LogP contribution in [0, 0.1) is 0 Å². The summed E-state index contributed by atoms with van der Waals surface area (Å²) in [5.41, 5.74) is 0. The molecule has 1 aliphatic heterocycles. The van der Waals surface area contributed by atoms with E-state index in [2.05, 4.69) is 6.92 Å². The van der Waals surface area contributed by atoms with E-state index >= 15 is 0 Å². The van der Waals surface area contributed by atoms with Crippen molar-refractivity contribution in [2.75, 3.05) is 6.61 Å². The number of rotatable bonds is 14. The molecule has 7 heteroatoms. The van der Waals surface area contributed by atoms with E-state index in [9.17, 15) is 4.57 Å². The van der Waals surface area contributed by atoms with Crippen LogP contribution in [0.4, 0.5) is 0 Å². The first kappa shape index (κ1) is 23.1. The number of phosphoric acid groups is 1. The minimum atomic E-state index is -4.40. The zero-order valence-electron chi connectivity index (χ0n) is 13.2. The SMILES string of the molecule is CCCCCCCCCCCCC(OP(=O)(O)O)C1CO1.[NaH]. The Morgan fingerprint density at radius 1 is 1.05 bits per heavy atom. The second-order valence-corrected chi connectivity index (χ2v) is 7.17. The van der Waals surface area contributed by atoms with Crippen LogP contribution in [-0.4, -0.2) is 58.2 Å². The molecule has 1 aliphatic rings. The third-order valence-electron chi connectivity index (χ3n) is 3.89. The summed E-state index contributed by atoms with van der Waals surface area (Å²) in [6.45, 7) is 2.79. The van der Waals surface area contributed by atoms with Gasteiger partial charge in [0.15, 0.2) is 0 Å². The summed E-state index contributed by atoms with van der Waals surface area (Å²) in [5.74, 6) is 0. The number of hydrogen-bond donors (Lipinski definition) is 2. The van der Waals surface area contributed by atoms with Gasteiger partial charge in [0.1, 0.15) is 6.10 Å². The summed E-state index contributed by atoms with van der Waals surface area (Å²) < 4.78 is 20.7. The normalized spacial score (nSPS) is 18.8. The summed E-state index contributed by atoms with van der Waals surface area (Å²) in [6.07, 6.45) is 12.6.